The molecule has 0 saturated carbocycles. The van der Waals surface area contributed by atoms with Crippen LogP contribution < -0.4 is 0 Å². The van der Waals surface area contributed by atoms with Crippen LogP contribution in [0.4, 0.5) is 0 Å². The molecule has 0 radical (unpaired) electrons. The molecule has 0 amide bonds. The third-order valence-corrected chi connectivity index (χ3v) is 3.03. The summed E-state index contributed by atoms with van der Waals surface area (Å²) in [6.07, 6.45) is 0.0579. The second-order valence-electron chi connectivity index (χ2n) is 2.58. The molecule has 0 bridgehead atoms. The van der Waals surface area contributed by atoms with Crippen LogP contribution in [0.25, 0.3) is 0 Å². The Bertz CT molecular complexity index is 323. The summed E-state index contributed by atoms with van der Waals surface area (Å²) in [6.45, 7) is 0. The van der Waals surface area contributed by atoms with Gasteiger partial charge < -0.3 is 5.11 Å². The Morgan fingerprint density at radius 3 is 2.69 bits per heavy atom. The number of carboxylic acid groups (broad SMARTS) is 1. The normalized spacial score (nSPS) is 10.0. The molecule has 70 valence electrons. The Balaban J connectivity index is 3.07. The SMILES string of the molecule is O=C(O)Cc1c(Br)cccc1CBr. The fourth-order valence-corrected chi connectivity index (χ4v) is 2.15. The molecule has 2 nitrogen and oxygen atoms in total. The van der Waals surface area contributed by atoms with Crippen LogP contribution in [0, 0.1) is 0 Å². The molecule has 0 saturated heterocycles. The first kappa shape index (κ1) is 10.7. The van der Waals surface area contributed by atoms with Crippen molar-refractivity contribution in [2.24, 2.45) is 0 Å². The average molecular weight is 308 g/mol. The zero-order valence-electron chi connectivity index (χ0n) is 6.76. The van der Waals surface area contributed by atoms with Crippen LogP contribution in [0.5, 0.6) is 0 Å². The van der Waals surface area contributed by atoms with Crippen molar-refractivity contribution in [2.45, 2.75) is 11.8 Å². The van der Waals surface area contributed by atoms with Crippen molar-refractivity contribution in [2.75, 3.05) is 0 Å². The molecule has 0 heterocycles. The summed E-state index contributed by atoms with van der Waals surface area (Å²) in [5.41, 5.74) is 1.85. The molecule has 0 aliphatic carbocycles. The van der Waals surface area contributed by atoms with Gasteiger partial charge in [-0.25, -0.2) is 0 Å². The van der Waals surface area contributed by atoms with E-state index in [1.54, 1.807) is 0 Å². The van der Waals surface area contributed by atoms with Crippen LogP contribution in [0.15, 0.2) is 22.7 Å². The van der Waals surface area contributed by atoms with E-state index < -0.39 is 5.97 Å². The van der Waals surface area contributed by atoms with Crippen molar-refractivity contribution in [3.63, 3.8) is 0 Å². The van der Waals surface area contributed by atoms with Gasteiger partial charge in [0.25, 0.3) is 0 Å². The molecule has 0 aliphatic heterocycles. The van der Waals surface area contributed by atoms with E-state index in [0.29, 0.717) is 5.33 Å². The molecule has 1 N–H and O–H groups in total. The molecular formula is C9H8Br2O2. The first-order valence-electron chi connectivity index (χ1n) is 3.69. The third kappa shape index (κ3) is 2.81. The molecule has 0 unspecified atom stereocenters. The number of rotatable bonds is 3. The van der Waals surface area contributed by atoms with E-state index in [4.69, 9.17) is 5.11 Å². The summed E-state index contributed by atoms with van der Waals surface area (Å²) >= 11 is 6.65. The number of halogens is 2. The fourth-order valence-electron chi connectivity index (χ4n) is 1.08. The lowest BCUT2D eigenvalue weighted by Gasteiger charge is -2.06. The highest BCUT2D eigenvalue weighted by Gasteiger charge is 2.08. The fraction of sp³-hybridized carbons (Fsp3) is 0.222. The van der Waals surface area contributed by atoms with Gasteiger partial charge in [-0.2, -0.15) is 0 Å². The minimum atomic E-state index is -0.811. The molecule has 0 fully saturated rings. The van der Waals surface area contributed by atoms with Crippen molar-refractivity contribution >= 4 is 37.8 Å². The van der Waals surface area contributed by atoms with Crippen LogP contribution in [0.2, 0.25) is 0 Å². The maximum atomic E-state index is 10.6. The van der Waals surface area contributed by atoms with Crippen molar-refractivity contribution in [3.05, 3.63) is 33.8 Å². The molecule has 0 aromatic heterocycles. The van der Waals surface area contributed by atoms with Gasteiger partial charge in [0.05, 0.1) is 6.42 Å². The summed E-state index contributed by atoms with van der Waals surface area (Å²) in [6, 6.07) is 5.66. The van der Waals surface area contributed by atoms with Crippen LogP contribution in [-0.4, -0.2) is 11.1 Å². The topological polar surface area (TPSA) is 37.3 Å². The number of carbonyl (C=O) groups is 1. The summed E-state index contributed by atoms with van der Waals surface area (Å²) in [4.78, 5) is 10.6. The highest BCUT2D eigenvalue weighted by molar-refractivity contribution is 9.10. The van der Waals surface area contributed by atoms with Crippen LogP contribution in [0.1, 0.15) is 11.1 Å². The second-order valence-corrected chi connectivity index (χ2v) is 4.00. The Hall–Kier alpha value is -0.350. The second kappa shape index (κ2) is 4.77. The zero-order valence-corrected chi connectivity index (χ0v) is 9.93. The quantitative estimate of drug-likeness (QED) is 0.872. The number of alkyl halides is 1. The molecular weight excluding hydrogens is 300 g/mol. The number of aliphatic carboxylic acids is 1. The third-order valence-electron chi connectivity index (χ3n) is 1.69. The molecule has 0 aliphatic rings. The van der Waals surface area contributed by atoms with E-state index in [9.17, 15) is 4.79 Å². The van der Waals surface area contributed by atoms with Gasteiger partial charge in [-0.15, -0.1) is 0 Å². The van der Waals surface area contributed by atoms with E-state index >= 15 is 0 Å². The lowest BCUT2D eigenvalue weighted by atomic mass is 10.1. The monoisotopic (exact) mass is 306 g/mol. The molecule has 4 heteroatoms. The first-order valence-corrected chi connectivity index (χ1v) is 5.60. The van der Waals surface area contributed by atoms with Crippen LogP contribution in [0.3, 0.4) is 0 Å². The van der Waals surface area contributed by atoms with Crippen molar-refractivity contribution in [3.8, 4) is 0 Å². The largest absolute Gasteiger partial charge is 0.481 e. The molecule has 1 rings (SSSR count). The summed E-state index contributed by atoms with van der Waals surface area (Å²) < 4.78 is 0.854. The van der Waals surface area contributed by atoms with Gasteiger partial charge in [-0.3, -0.25) is 4.79 Å². The Kier molecular flexibility index (Phi) is 3.93. The Morgan fingerprint density at radius 2 is 2.15 bits per heavy atom. The highest BCUT2D eigenvalue weighted by Crippen LogP contribution is 2.22. The molecule has 1 aromatic rings. The van der Waals surface area contributed by atoms with Crippen LogP contribution >= 0.6 is 31.9 Å². The van der Waals surface area contributed by atoms with E-state index in [2.05, 4.69) is 31.9 Å². The van der Waals surface area contributed by atoms with Crippen molar-refractivity contribution < 1.29 is 9.90 Å². The smallest absolute Gasteiger partial charge is 0.307 e. The van der Waals surface area contributed by atoms with Crippen LogP contribution in [-0.2, 0) is 16.5 Å². The average Bonchev–Trinajstić information content (AvgIpc) is 2.08. The van der Waals surface area contributed by atoms with E-state index in [1.807, 2.05) is 18.2 Å². The van der Waals surface area contributed by atoms with Gasteiger partial charge in [-0.1, -0.05) is 44.0 Å². The van der Waals surface area contributed by atoms with Gasteiger partial charge in [0.2, 0.25) is 0 Å². The maximum absolute atomic E-state index is 10.6. The predicted octanol–water partition coefficient (Wildman–Crippen LogP) is 2.97. The summed E-state index contributed by atoms with van der Waals surface area (Å²) in [5.74, 6) is -0.811. The van der Waals surface area contributed by atoms with Crippen molar-refractivity contribution in [1.82, 2.24) is 0 Å². The van der Waals surface area contributed by atoms with Gasteiger partial charge in [0.15, 0.2) is 0 Å². The van der Waals surface area contributed by atoms with Crippen molar-refractivity contribution in [1.29, 1.82) is 0 Å². The first-order chi connectivity index (χ1) is 6.15. The lowest BCUT2D eigenvalue weighted by molar-refractivity contribution is -0.136. The molecule has 0 atom stereocenters. The maximum Gasteiger partial charge on any atom is 0.307 e. The summed E-state index contributed by atoms with van der Waals surface area (Å²) in [5, 5.41) is 9.35. The zero-order chi connectivity index (χ0) is 9.84. The standard InChI is InChI=1S/C9H8Br2O2/c10-5-6-2-1-3-8(11)7(6)4-9(12)13/h1-3H,4-5H2,(H,12,13). The van der Waals surface area contributed by atoms with E-state index in [0.717, 1.165) is 15.6 Å². The van der Waals surface area contributed by atoms with E-state index in [-0.39, 0.29) is 6.42 Å². The predicted molar refractivity (Wildman–Crippen MR) is 58.1 cm³/mol. The number of benzene rings is 1. The van der Waals surface area contributed by atoms with Gasteiger partial charge in [0, 0.05) is 9.80 Å². The molecule has 0 spiro atoms. The Morgan fingerprint density at radius 1 is 1.46 bits per heavy atom. The van der Waals surface area contributed by atoms with Gasteiger partial charge >= 0.3 is 5.97 Å². The minimum Gasteiger partial charge on any atom is -0.481 e. The lowest BCUT2D eigenvalue weighted by Crippen LogP contribution is -2.03. The Labute approximate surface area is 93.2 Å². The minimum absolute atomic E-state index is 0.0579. The summed E-state index contributed by atoms with van der Waals surface area (Å²) in [7, 11) is 0. The molecule has 13 heavy (non-hydrogen) atoms. The van der Waals surface area contributed by atoms with E-state index in [1.165, 1.54) is 0 Å². The number of carboxylic acids is 1. The number of hydrogen-bond acceptors (Lipinski definition) is 1. The highest BCUT2D eigenvalue weighted by atomic mass is 79.9. The van der Waals surface area contributed by atoms with Gasteiger partial charge in [0.1, 0.15) is 0 Å². The van der Waals surface area contributed by atoms with Gasteiger partial charge in [-0.05, 0) is 17.2 Å². The molecule has 1 aromatic carbocycles. The number of hydrogen-bond donors (Lipinski definition) is 1.